The van der Waals surface area contributed by atoms with Crippen molar-refractivity contribution >= 4 is 17.9 Å². The van der Waals surface area contributed by atoms with Crippen LogP contribution < -0.4 is 0 Å². The lowest BCUT2D eigenvalue weighted by molar-refractivity contribution is 0.0142. The maximum absolute atomic E-state index is 12.9. The van der Waals surface area contributed by atoms with Crippen LogP contribution in [0.15, 0.2) is 35.2 Å². The smallest absolute Gasteiger partial charge is 0.411 e. The minimum Gasteiger partial charge on any atom is -0.443 e. The Bertz CT molecular complexity index is 694. The summed E-state index contributed by atoms with van der Waals surface area (Å²) in [6, 6.07) is 10.1. The van der Waals surface area contributed by atoms with Crippen LogP contribution in [-0.2, 0) is 4.74 Å². The number of hydrogen-bond donors (Lipinski definition) is 1. The number of carbonyl (C=O) groups excluding carboxylic acids is 1. The monoisotopic (exact) mass is 375 g/mol. The van der Waals surface area contributed by atoms with E-state index >= 15 is 0 Å². The average molecular weight is 376 g/mol. The van der Waals surface area contributed by atoms with Gasteiger partial charge in [-0.2, -0.15) is 0 Å². The van der Waals surface area contributed by atoms with E-state index in [1.807, 2.05) is 42.2 Å². The Morgan fingerprint density at radius 2 is 2.00 bits per heavy atom. The van der Waals surface area contributed by atoms with E-state index in [4.69, 9.17) is 4.74 Å². The fraction of sp³-hybridized carbons (Fsp3) is 0.667. The summed E-state index contributed by atoms with van der Waals surface area (Å²) in [5.41, 5.74) is 0.159. The van der Waals surface area contributed by atoms with Gasteiger partial charge in [-0.15, -0.1) is 0 Å². The maximum Gasteiger partial charge on any atom is 0.411 e. The van der Waals surface area contributed by atoms with E-state index in [0.717, 1.165) is 17.7 Å². The lowest BCUT2D eigenvalue weighted by atomic mass is 9.70. The minimum absolute atomic E-state index is 0.0197. The van der Waals surface area contributed by atoms with E-state index in [1.54, 1.807) is 11.8 Å². The lowest BCUT2D eigenvalue weighted by Crippen LogP contribution is -2.50. The van der Waals surface area contributed by atoms with Gasteiger partial charge >= 0.3 is 6.09 Å². The molecule has 4 nitrogen and oxygen atoms in total. The first kappa shape index (κ1) is 18.2. The first-order chi connectivity index (χ1) is 12.3. The van der Waals surface area contributed by atoms with Gasteiger partial charge < -0.3 is 9.84 Å². The third-order valence-electron chi connectivity index (χ3n) is 7.51. The molecule has 2 saturated carbocycles. The van der Waals surface area contributed by atoms with Gasteiger partial charge in [-0.3, -0.25) is 4.90 Å². The van der Waals surface area contributed by atoms with E-state index in [9.17, 15) is 9.90 Å². The van der Waals surface area contributed by atoms with Crippen LogP contribution in [0.5, 0.6) is 0 Å². The van der Waals surface area contributed by atoms with Gasteiger partial charge in [0.05, 0.1) is 12.1 Å². The topological polar surface area (TPSA) is 49.8 Å². The molecule has 0 radical (unpaired) electrons. The fourth-order valence-corrected chi connectivity index (χ4v) is 6.80. The molecule has 142 valence electrons. The Hall–Kier alpha value is -1.20. The number of hydrogen-bond acceptors (Lipinski definition) is 4. The number of carbonyl (C=O) groups is 1. The number of thioether (sulfide) groups is 1. The Kier molecular flexibility index (Phi) is 4.31. The molecule has 1 aliphatic heterocycles. The molecule has 1 saturated heterocycles. The predicted molar refractivity (Wildman–Crippen MR) is 103 cm³/mol. The zero-order valence-electron chi connectivity index (χ0n) is 16.0. The van der Waals surface area contributed by atoms with Gasteiger partial charge in [0.1, 0.15) is 11.5 Å². The number of aliphatic hydroxyl groups is 1. The fourth-order valence-electron chi connectivity index (χ4n) is 5.52. The third-order valence-corrected chi connectivity index (χ3v) is 8.83. The van der Waals surface area contributed by atoms with Gasteiger partial charge in [-0.1, -0.05) is 57.7 Å². The normalized spacial score (nSPS) is 36.7. The summed E-state index contributed by atoms with van der Waals surface area (Å²) in [6.07, 6.45) is 1.95. The van der Waals surface area contributed by atoms with Crippen LogP contribution in [0.25, 0.3) is 0 Å². The highest BCUT2D eigenvalue weighted by Crippen LogP contribution is 2.69. The highest BCUT2D eigenvalue weighted by Gasteiger charge is 2.72. The number of fused-ring (bicyclic) bond motifs is 5. The van der Waals surface area contributed by atoms with Crippen LogP contribution in [0.3, 0.4) is 0 Å². The molecule has 1 aromatic rings. The Morgan fingerprint density at radius 3 is 2.65 bits per heavy atom. The SMILES string of the molecule is CC[C@H](O)[C@@H](Sc1ccccc1)N1C(=O)O[C@@H]2[C@H]1[C@H]1CC[C@]2(C)C1(C)C. The van der Waals surface area contributed by atoms with Gasteiger partial charge in [-0.05, 0) is 42.7 Å². The van der Waals surface area contributed by atoms with Gasteiger partial charge in [0.25, 0.3) is 0 Å². The van der Waals surface area contributed by atoms with Crippen LogP contribution in [0, 0.1) is 16.7 Å². The number of benzene rings is 1. The van der Waals surface area contributed by atoms with Crippen LogP contribution >= 0.6 is 11.8 Å². The summed E-state index contributed by atoms with van der Waals surface area (Å²) in [5, 5.41) is 10.5. The van der Waals surface area contributed by atoms with E-state index in [0.29, 0.717) is 12.3 Å². The van der Waals surface area contributed by atoms with Crippen molar-refractivity contribution in [3.63, 3.8) is 0 Å². The second-order valence-corrected chi connectivity index (χ2v) is 9.97. The van der Waals surface area contributed by atoms with Crippen LogP contribution in [0.2, 0.25) is 0 Å². The molecule has 3 aliphatic rings. The van der Waals surface area contributed by atoms with Gasteiger partial charge in [0, 0.05) is 10.3 Å². The van der Waals surface area contributed by atoms with Crippen molar-refractivity contribution in [1.29, 1.82) is 0 Å². The summed E-state index contributed by atoms with van der Waals surface area (Å²) in [6.45, 7) is 8.90. The van der Waals surface area contributed by atoms with Crippen molar-refractivity contribution in [2.45, 2.75) is 75.5 Å². The van der Waals surface area contributed by atoms with Crippen LogP contribution in [0.4, 0.5) is 4.79 Å². The minimum atomic E-state index is -0.582. The standard InChI is InChI=1S/C21H29NO3S/c1-5-15(23)18(26-13-9-7-6-8-10-13)22-16-14-11-12-21(4,20(14,2)3)17(16)25-19(22)24/h6-10,14-18,23H,5,11-12H2,1-4H3/t14-,15+,16-,17-,18-,21+/m1/s1. The van der Waals surface area contributed by atoms with E-state index in [2.05, 4.69) is 20.8 Å². The van der Waals surface area contributed by atoms with E-state index in [-0.39, 0.29) is 34.4 Å². The molecule has 0 unspecified atom stereocenters. The van der Waals surface area contributed by atoms with Crippen LogP contribution in [0.1, 0.15) is 47.0 Å². The summed E-state index contributed by atoms with van der Waals surface area (Å²) in [5.74, 6) is 0.423. The quantitative estimate of drug-likeness (QED) is 0.769. The first-order valence-electron chi connectivity index (χ1n) is 9.70. The lowest BCUT2D eigenvalue weighted by Gasteiger charge is -2.37. The van der Waals surface area contributed by atoms with E-state index in [1.165, 1.54) is 0 Å². The predicted octanol–water partition coefficient (Wildman–Crippen LogP) is 4.52. The number of amides is 1. The Morgan fingerprint density at radius 1 is 1.31 bits per heavy atom. The molecular formula is C21H29NO3S. The molecule has 0 aromatic heterocycles. The molecule has 26 heavy (non-hydrogen) atoms. The summed E-state index contributed by atoms with van der Waals surface area (Å²) >= 11 is 1.57. The molecule has 4 rings (SSSR count). The summed E-state index contributed by atoms with van der Waals surface area (Å²) < 4.78 is 5.95. The van der Waals surface area contributed by atoms with Gasteiger partial charge in [0.15, 0.2) is 0 Å². The Balaban J connectivity index is 1.69. The maximum atomic E-state index is 12.9. The highest BCUT2D eigenvalue weighted by molar-refractivity contribution is 8.00. The number of aliphatic hydroxyl groups excluding tert-OH is 1. The second kappa shape index (κ2) is 6.16. The zero-order valence-corrected chi connectivity index (χ0v) is 16.8. The van der Waals surface area contributed by atoms with Crippen molar-refractivity contribution in [3.8, 4) is 0 Å². The van der Waals surface area contributed by atoms with Crippen molar-refractivity contribution in [1.82, 2.24) is 4.90 Å². The van der Waals surface area contributed by atoms with E-state index < -0.39 is 6.10 Å². The third kappa shape index (κ3) is 2.36. The largest absolute Gasteiger partial charge is 0.443 e. The van der Waals surface area contributed by atoms with Gasteiger partial charge in [-0.25, -0.2) is 4.79 Å². The van der Waals surface area contributed by atoms with Crippen molar-refractivity contribution in [3.05, 3.63) is 30.3 Å². The molecule has 2 aliphatic carbocycles. The Labute approximate surface area is 160 Å². The molecule has 3 fully saturated rings. The molecule has 6 atom stereocenters. The molecule has 1 aromatic carbocycles. The van der Waals surface area contributed by atoms with Crippen molar-refractivity contribution in [2.24, 2.45) is 16.7 Å². The molecule has 5 heteroatoms. The number of rotatable bonds is 5. The highest BCUT2D eigenvalue weighted by atomic mass is 32.2. The first-order valence-corrected chi connectivity index (χ1v) is 10.6. The molecule has 1 N–H and O–H groups in total. The second-order valence-electron chi connectivity index (χ2n) is 8.78. The summed E-state index contributed by atoms with van der Waals surface area (Å²) in [4.78, 5) is 15.8. The molecule has 1 heterocycles. The number of nitrogens with zero attached hydrogens (tertiary/aromatic N) is 1. The molecular weight excluding hydrogens is 346 g/mol. The van der Waals surface area contributed by atoms with Gasteiger partial charge in [0.2, 0.25) is 0 Å². The zero-order chi connectivity index (χ0) is 18.7. The molecule has 0 spiro atoms. The van der Waals surface area contributed by atoms with Crippen molar-refractivity contribution < 1.29 is 14.6 Å². The van der Waals surface area contributed by atoms with Crippen molar-refractivity contribution in [2.75, 3.05) is 0 Å². The number of ether oxygens (including phenoxy) is 1. The summed E-state index contributed by atoms with van der Waals surface area (Å²) in [7, 11) is 0. The molecule has 1 amide bonds. The average Bonchev–Trinajstić information content (AvgIpc) is 3.13. The van der Waals surface area contributed by atoms with Crippen LogP contribution in [-0.4, -0.2) is 39.7 Å². The molecule has 2 bridgehead atoms.